The topological polar surface area (TPSA) is 23.9 Å². The Balaban J connectivity index is 2.91. The minimum absolute atomic E-state index is 0.207. The van der Waals surface area contributed by atoms with Crippen molar-refractivity contribution in [3.8, 4) is 0 Å². The van der Waals surface area contributed by atoms with Gasteiger partial charge >= 0.3 is 0 Å². The molecule has 0 bridgehead atoms. The lowest BCUT2D eigenvalue weighted by Crippen LogP contribution is -2.10. The third-order valence-electron chi connectivity index (χ3n) is 2.92. The Morgan fingerprint density at radius 1 is 1.36 bits per heavy atom. The Morgan fingerprint density at radius 2 is 2.00 bits per heavy atom. The van der Waals surface area contributed by atoms with Crippen LogP contribution in [0.2, 0.25) is 0 Å². The Labute approximate surface area is 87.4 Å². The summed E-state index contributed by atoms with van der Waals surface area (Å²) in [5, 5.41) is 7.45. The molecule has 0 aromatic rings. The maximum absolute atomic E-state index is 7.45. The summed E-state index contributed by atoms with van der Waals surface area (Å²) in [7, 11) is 0. The van der Waals surface area contributed by atoms with E-state index in [1.54, 1.807) is 0 Å². The molecule has 0 heterocycles. The molecule has 0 saturated heterocycles. The van der Waals surface area contributed by atoms with Gasteiger partial charge in [0.2, 0.25) is 0 Å². The molecule has 78 valence electrons. The van der Waals surface area contributed by atoms with Gasteiger partial charge in [-0.3, -0.25) is 0 Å². The summed E-state index contributed by atoms with van der Waals surface area (Å²) in [5.74, 6) is 0.596. The molecule has 0 unspecified atom stereocenters. The van der Waals surface area contributed by atoms with Gasteiger partial charge in [0.05, 0.1) is 0 Å². The quantitative estimate of drug-likeness (QED) is 0.653. The highest BCUT2D eigenvalue weighted by Crippen LogP contribution is 2.41. The van der Waals surface area contributed by atoms with Crippen LogP contribution >= 0.6 is 0 Å². The first kappa shape index (κ1) is 11.2. The van der Waals surface area contributed by atoms with E-state index in [0.717, 1.165) is 6.42 Å². The van der Waals surface area contributed by atoms with Crippen molar-refractivity contribution in [1.82, 2.24) is 0 Å². The lowest BCUT2D eigenvalue weighted by Gasteiger charge is -2.18. The zero-order valence-corrected chi connectivity index (χ0v) is 9.72. The van der Waals surface area contributed by atoms with Crippen molar-refractivity contribution in [3.05, 3.63) is 23.3 Å². The summed E-state index contributed by atoms with van der Waals surface area (Å²) in [6.45, 7) is 8.82. The van der Waals surface area contributed by atoms with Gasteiger partial charge in [0.25, 0.3) is 0 Å². The molecule has 0 saturated carbocycles. The Morgan fingerprint density at radius 3 is 2.50 bits per heavy atom. The van der Waals surface area contributed by atoms with Gasteiger partial charge in [0, 0.05) is 6.21 Å². The van der Waals surface area contributed by atoms with Gasteiger partial charge in [-0.25, -0.2) is 0 Å². The van der Waals surface area contributed by atoms with Crippen molar-refractivity contribution in [1.29, 1.82) is 5.41 Å². The number of allylic oxidation sites excluding steroid dienone is 4. The highest BCUT2D eigenvalue weighted by atomic mass is 14.4. The van der Waals surface area contributed by atoms with Gasteiger partial charge in [-0.2, -0.15) is 0 Å². The molecule has 0 aromatic carbocycles. The van der Waals surface area contributed by atoms with Gasteiger partial charge in [0.1, 0.15) is 0 Å². The van der Waals surface area contributed by atoms with E-state index in [1.807, 2.05) is 0 Å². The normalized spacial score (nSPS) is 21.2. The van der Waals surface area contributed by atoms with Gasteiger partial charge in [-0.05, 0) is 35.3 Å². The molecular weight excluding hydrogens is 170 g/mol. The lowest BCUT2D eigenvalue weighted by molar-refractivity contribution is 0.458. The van der Waals surface area contributed by atoms with Crippen LogP contribution in [0.15, 0.2) is 23.3 Å². The second kappa shape index (κ2) is 4.12. The fourth-order valence-corrected chi connectivity index (χ4v) is 1.92. The second-order valence-electron chi connectivity index (χ2n) is 5.07. The van der Waals surface area contributed by atoms with Crippen molar-refractivity contribution in [2.45, 2.75) is 40.5 Å². The fourth-order valence-electron chi connectivity index (χ4n) is 1.92. The van der Waals surface area contributed by atoms with E-state index in [9.17, 15) is 0 Å². The molecule has 0 aliphatic heterocycles. The monoisotopic (exact) mass is 191 g/mol. The molecule has 1 aliphatic rings. The van der Waals surface area contributed by atoms with Crippen LogP contribution in [0.1, 0.15) is 40.5 Å². The van der Waals surface area contributed by atoms with Gasteiger partial charge in [-0.15, -0.1) is 0 Å². The van der Waals surface area contributed by atoms with E-state index in [0.29, 0.717) is 5.92 Å². The lowest BCUT2D eigenvalue weighted by atomic mass is 9.86. The van der Waals surface area contributed by atoms with E-state index < -0.39 is 0 Å². The van der Waals surface area contributed by atoms with Crippen LogP contribution in [0.3, 0.4) is 0 Å². The van der Waals surface area contributed by atoms with Gasteiger partial charge in [-0.1, -0.05) is 39.8 Å². The highest BCUT2D eigenvalue weighted by Gasteiger charge is 2.29. The highest BCUT2D eigenvalue weighted by molar-refractivity contribution is 5.80. The third kappa shape index (κ3) is 2.34. The van der Waals surface area contributed by atoms with Crippen molar-refractivity contribution >= 4 is 6.21 Å². The molecule has 1 N–H and O–H groups in total. The number of hydrogen-bond acceptors (Lipinski definition) is 1. The smallest absolute Gasteiger partial charge is 0.0218 e. The fraction of sp³-hybridized carbons (Fsp3) is 0.615. The molecule has 1 nitrogen and oxygen atoms in total. The summed E-state index contributed by atoms with van der Waals surface area (Å²) in [6.07, 6.45) is 8.27. The van der Waals surface area contributed by atoms with E-state index >= 15 is 0 Å². The molecule has 0 atom stereocenters. The SMILES string of the molecule is CC(C)/C=C\C1=C(C=N)C(C)(C)CC1. The first-order valence-corrected chi connectivity index (χ1v) is 5.39. The zero-order chi connectivity index (χ0) is 10.8. The van der Waals surface area contributed by atoms with Crippen molar-refractivity contribution in [2.24, 2.45) is 11.3 Å². The minimum atomic E-state index is 0.207. The van der Waals surface area contributed by atoms with Crippen LogP contribution in [0.4, 0.5) is 0 Å². The molecule has 0 aromatic heterocycles. The summed E-state index contributed by atoms with van der Waals surface area (Å²) >= 11 is 0. The van der Waals surface area contributed by atoms with Crippen LogP contribution in [0, 0.1) is 16.7 Å². The van der Waals surface area contributed by atoms with Crippen LogP contribution < -0.4 is 0 Å². The summed E-state index contributed by atoms with van der Waals surface area (Å²) in [5.41, 5.74) is 2.78. The van der Waals surface area contributed by atoms with Crippen LogP contribution in [0.5, 0.6) is 0 Å². The molecule has 1 rings (SSSR count). The minimum Gasteiger partial charge on any atom is -0.308 e. The van der Waals surface area contributed by atoms with Crippen molar-refractivity contribution in [3.63, 3.8) is 0 Å². The standard InChI is InChI=1S/C13H21N/c1-10(2)5-6-11-7-8-13(3,4)12(11)9-14/h5-6,9-10,14H,7-8H2,1-4H3/b6-5-,14-9?. The van der Waals surface area contributed by atoms with Crippen LogP contribution in [-0.4, -0.2) is 6.21 Å². The molecule has 0 fully saturated rings. The zero-order valence-electron chi connectivity index (χ0n) is 9.72. The van der Waals surface area contributed by atoms with E-state index in [-0.39, 0.29) is 5.41 Å². The van der Waals surface area contributed by atoms with Crippen LogP contribution in [0.25, 0.3) is 0 Å². The molecule has 1 aliphatic carbocycles. The maximum atomic E-state index is 7.45. The average molecular weight is 191 g/mol. The predicted molar refractivity (Wildman–Crippen MR) is 62.8 cm³/mol. The maximum Gasteiger partial charge on any atom is 0.0218 e. The molecule has 0 radical (unpaired) electrons. The molecule has 14 heavy (non-hydrogen) atoms. The Kier molecular flexibility index (Phi) is 3.30. The summed E-state index contributed by atoms with van der Waals surface area (Å²) in [4.78, 5) is 0. The summed E-state index contributed by atoms with van der Waals surface area (Å²) < 4.78 is 0. The third-order valence-corrected chi connectivity index (χ3v) is 2.92. The molecule has 1 heteroatoms. The first-order valence-electron chi connectivity index (χ1n) is 5.39. The second-order valence-corrected chi connectivity index (χ2v) is 5.07. The number of hydrogen-bond donors (Lipinski definition) is 1. The summed E-state index contributed by atoms with van der Waals surface area (Å²) in [6, 6.07) is 0. The molecular formula is C13H21N. The Hall–Kier alpha value is -0.850. The Bertz CT molecular complexity index is 280. The van der Waals surface area contributed by atoms with E-state index in [2.05, 4.69) is 39.8 Å². The molecule has 0 spiro atoms. The van der Waals surface area contributed by atoms with Crippen molar-refractivity contribution < 1.29 is 0 Å². The van der Waals surface area contributed by atoms with Gasteiger partial charge < -0.3 is 5.41 Å². The number of rotatable bonds is 3. The van der Waals surface area contributed by atoms with Gasteiger partial charge in [0.15, 0.2) is 0 Å². The molecule has 0 amide bonds. The van der Waals surface area contributed by atoms with E-state index in [4.69, 9.17) is 5.41 Å². The predicted octanol–water partition coefficient (Wildman–Crippen LogP) is 3.96. The number of nitrogens with one attached hydrogen (secondary N) is 1. The first-order chi connectivity index (χ1) is 6.47. The van der Waals surface area contributed by atoms with Crippen LogP contribution in [-0.2, 0) is 0 Å². The van der Waals surface area contributed by atoms with E-state index in [1.165, 1.54) is 23.8 Å². The average Bonchev–Trinajstić information content (AvgIpc) is 2.37. The largest absolute Gasteiger partial charge is 0.308 e. The van der Waals surface area contributed by atoms with Crippen molar-refractivity contribution in [2.75, 3.05) is 0 Å².